The Morgan fingerprint density at radius 2 is 1.64 bits per heavy atom. The van der Waals surface area contributed by atoms with Crippen LogP contribution in [0.2, 0.25) is 0 Å². The zero-order chi connectivity index (χ0) is 17.9. The SMILES string of the molecule is Fc1ccc(CN(C2=CC=COC2)c2ccc(C(F)(F)F)cc2)cc1. The molecule has 0 saturated heterocycles. The summed E-state index contributed by atoms with van der Waals surface area (Å²) < 4.78 is 56.7. The number of hydrogen-bond acceptors (Lipinski definition) is 2. The number of ether oxygens (including phenoxy) is 1. The highest BCUT2D eigenvalue weighted by Crippen LogP contribution is 2.32. The number of rotatable bonds is 4. The van der Waals surface area contributed by atoms with Crippen LogP contribution >= 0.6 is 0 Å². The van der Waals surface area contributed by atoms with Crippen molar-refractivity contribution < 1.29 is 22.3 Å². The largest absolute Gasteiger partial charge is 0.495 e. The maximum absolute atomic E-state index is 13.1. The molecule has 0 spiro atoms. The summed E-state index contributed by atoms with van der Waals surface area (Å²) in [6.45, 7) is 0.688. The van der Waals surface area contributed by atoms with Crippen molar-refractivity contribution in [1.82, 2.24) is 0 Å². The zero-order valence-corrected chi connectivity index (χ0v) is 13.1. The van der Waals surface area contributed by atoms with E-state index in [2.05, 4.69) is 0 Å². The third-order valence-corrected chi connectivity index (χ3v) is 3.80. The number of allylic oxidation sites excluding steroid dienone is 2. The van der Waals surface area contributed by atoms with E-state index in [1.54, 1.807) is 24.5 Å². The molecule has 1 aliphatic heterocycles. The van der Waals surface area contributed by atoms with Crippen molar-refractivity contribution in [3.63, 3.8) is 0 Å². The predicted octanol–water partition coefficient (Wildman–Crippen LogP) is 5.28. The quantitative estimate of drug-likeness (QED) is 0.697. The average molecular weight is 349 g/mol. The standard InChI is InChI=1S/C19H15F4NO/c20-16-7-3-14(4-8-16)12-24(18-2-1-11-25-13-18)17-9-5-15(6-10-17)19(21,22)23/h1-11H,12-13H2. The minimum atomic E-state index is -4.38. The summed E-state index contributed by atoms with van der Waals surface area (Å²) in [7, 11) is 0. The van der Waals surface area contributed by atoms with E-state index >= 15 is 0 Å². The van der Waals surface area contributed by atoms with Crippen molar-refractivity contribution >= 4 is 5.69 Å². The van der Waals surface area contributed by atoms with Gasteiger partial charge in [-0.2, -0.15) is 13.2 Å². The van der Waals surface area contributed by atoms with E-state index in [9.17, 15) is 17.6 Å². The van der Waals surface area contributed by atoms with Crippen molar-refractivity contribution in [3.05, 3.63) is 89.6 Å². The molecule has 0 N–H and O–H groups in total. The van der Waals surface area contributed by atoms with Crippen LogP contribution in [0.4, 0.5) is 23.2 Å². The van der Waals surface area contributed by atoms with Crippen molar-refractivity contribution in [2.45, 2.75) is 12.7 Å². The molecule has 0 fully saturated rings. The minimum absolute atomic E-state index is 0.304. The van der Waals surface area contributed by atoms with Crippen LogP contribution in [-0.2, 0) is 17.5 Å². The first kappa shape index (κ1) is 17.1. The molecule has 2 nitrogen and oxygen atoms in total. The number of halogens is 4. The molecule has 0 radical (unpaired) electrons. The van der Waals surface area contributed by atoms with Gasteiger partial charge in [-0.05, 0) is 54.1 Å². The Kier molecular flexibility index (Phi) is 4.79. The van der Waals surface area contributed by atoms with Gasteiger partial charge in [0.25, 0.3) is 0 Å². The van der Waals surface area contributed by atoms with Crippen LogP contribution in [0, 0.1) is 5.82 Å². The average Bonchev–Trinajstić information content (AvgIpc) is 2.61. The van der Waals surface area contributed by atoms with Gasteiger partial charge in [-0.15, -0.1) is 0 Å². The molecule has 0 unspecified atom stereocenters. The second-order valence-corrected chi connectivity index (χ2v) is 5.55. The fourth-order valence-electron chi connectivity index (χ4n) is 2.52. The van der Waals surface area contributed by atoms with E-state index in [1.807, 2.05) is 11.0 Å². The first-order valence-electron chi connectivity index (χ1n) is 7.60. The molecular weight excluding hydrogens is 334 g/mol. The van der Waals surface area contributed by atoms with Crippen LogP contribution in [0.15, 0.2) is 72.6 Å². The monoisotopic (exact) mass is 349 g/mol. The normalized spacial score (nSPS) is 14.0. The summed E-state index contributed by atoms with van der Waals surface area (Å²) in [5, 5.41) is 0. The van der Waals surface area contributed by atoms with Crippen molar-refractivity contribution in [1.29, 1.82) is 0 Å². The van der Waals surface area contributed by atoms with E-state index in [-0.39, 0.29) is 5.82 Å². The molecule has 130 valence electrons. The summed E-state index contributed by atoms with van der Waals surface area (Å²) >= 11 is 0. The van der Waals surface area contributed by atoms with Gasteiger partial charge in [0, 0.05) is 12.2 Å². The molecule has 0 atom stereocenters. The van der Waals surface area contributed by atoms with Gasteiger partial charge in [-0.3, -0.25) is 0 Å². The Hall–Kier alpha value is -2.76. The highest BCUT2D eigenvalue weighted by atomic mass is 19.4. The lowest BCUT2D eigenvalue weighted by Crippen LogP contribution is -2.25. The van der Waals surface area contributed by atoms with E-state index < -0.39 is 11.7 Å². The van der Waals surface area contributed by atoms with Crippen LogP contribution in [-0.4, -0.2) is 6.61 Å². The topological polar surface area (TPSA) is 12.5 Å². The lowest BCUT2D eigenvalue weighted by atomic mass is 10.1. The Labute approximate surface area is 142 Å². The molecule has 0 aliphatic carbocycles. The lowest BCUT2D eigenvalue weighted by molar-refractivity contribution is -0.137. The number of nitrogens with zero attached hydrogens (tertiary/aromatic N) is 1. The van der Waals surface area contributed by atoms with Crippen molar-refractivity contribution in [2.75, 3.05) is 11.5 Å². The van der Waals surface area contributed by atoms with Gasteiger partial charge in [-0.25, -0.2) is 4.39 Å². The third kappa shape index (κ3) is 4.21. The number of hydrogen-bond donors (Lipinski definition) is 0. The number of benzene rings is 2. The van der Waals surface area contributed by atoms with Crippen LogP contribution in [0.5, 0.6) is 0 Å². The molecule has 6 heteroatoms. The Morgan fingerprint density at radius 3 is 2.20 bits per heavy atom. The minimum Gasteiger partial charge on any atom is -0.495 e. The maximum atomic E-state index is 13.1. The first-order valence-corrected chi connectivity index (χ1v) is 7.60. The summed E-state index contributed by atoms with van der Waals surface area (Å²) in [5.41, 5.74) is 1.53. The van der Waals surface area contributed by atoms with E-state index in [0.717, 1.165) is 23.4 Å². The smallest absolute Gasteiger partial charge is 0.416 e. The van der Waals surface area contributed by atoms with Gasteiger partial charge < -0.3 is 9.64 Å². The van der Waals surface area contributed by atoms with Crippen LogP contribution in [0.1, 0.15) is 11.1 Å². The number of anilines is 1. The van der Waals surface area contributed by atoms with E-state index in [4.69, 9.17) is 4.74 Å². The van der Waals surface area contributed by atoms with Crippen molar-refractivity contribution in [3.8, 4) is 0 Å². The predicted molar refractivity (Wildman–Crippen MR) is 87.2 cm³/mol. The van der Waals surface area contributed by atoms with Crippen molar-refractivity contribution in [2.24, 2.45) is 0 Å². The Bertz CT molecular complexity index is 777. The summed E-state index contributed by atoms with van der Waals surface area (Å²) in [4.78, 5) is 1.84. The molecule has 3 rings (SSSR count). The van der Waals surface area contributed by atoms with Gasteiger partial charge in [0.1, 0.15) is 12.4 Å². The third-order valence-electron chi connectivity index (χ3n) is 3.80. The molecule has 2 aromatic rings. The Morgan fingerprint density at radius 1 is 0.960 bits per heavy atom. The molecule has 25 heavy (non-hydrogen) atoms. The molecule has 1 heterocycles. The summed E-state index contributed by atoms with van der Waals surface area (Å²) in [6.07, 6.45) is 0.730. The summed E-state index contributed by atoms with van der Waals surface area (Å²) in [6, 6.07) is 10.9. The maximum Gasteiger partial charge on any atom is 0.416 e. The van der Waals surface area contributed by atoms with E-state index in [1.165, 1.54) is 24.3 Å². The molecule has 0 bridgehead atoms. The van der Waals surface area contributed by atoms with E-state index in [0.29, 0.717) is 18.8 Å². The van der Waals surface area contributed by atoms with Crippen LogP contribution < -0.4 is 4.90 Å². The fourth-order valence-corrected chi connectivity index (χ4v) is 2.52. The van der Waals surface area contributed by atoms with Gasteiger partial charge in [-0.1, -0.05) is 12.1 Å². The molecule has 1 aliphatic rings. The highest BCUT2D eigenvalue weighted by Gasteiger charge is 2.30. The molecule has 0 aromatic heterocycles. The van der Waals surface area contributed by atoms with Gasteiger partial charge >= 0.3 is 6.18 Å². The van der Waals surface area contributed by atoms with Gasteiger partial charge in [0.2, 0.25) is 0 Å². The second kappa shape index (κ2) is 7.01. The second-order valence-electron chi connectivity index (χ2n) is 5.55. The molecular formula is C19H15F4NO. The summed E-state index contributed by atoms with van der Waals surface area (Å²) in [5.74, 6) is -0.340. The Balaban J connectivity index is 1.92. The molecule has 0 saturated carbocycles. The molecule has 0 amide bonds. The number of alkyl halides is 3. The molecule has 2 aromatic carbocycles. The first-order chi connectivity index (χ1) is 11.9. The van der Waals surface area contributed by atoms with Gasteiger partial charge in [0.15, 0.2) is 0 Å². The van der Waals surface area contributed by atoms with Gasteiger partial charge in [0.05, 0.1) is 17.5 Å². The van der Waals surface area contributed by atoms with Crippen LogP contribution in [0.25, 0.3) is 0 Å². The fraction of sp³-hybridized carbons (Fsp3) is 0.158. The van der Waals surface area contributed by atoms with Crippen LogP contribution in [0.3, 0.4) is 0 Å². The zero-order valence-electron chi connectivity index (χ0n) is 13.1. The highest BCUT2D eigenvalue weighted by molar-refractivity contribution is 5.54. The lowest BCUT2D eigenvalue weighted by Gasteiger charge is -2.28.